The normalized spacial score (nSPS) is 21.0. The maximum Gasteiger partial charge on any atom is 0.253 e. The summed E-state index contributed by atoms with van der Waals surface area (Å²) in [7, 11) is 0. The van der Waals surface area contributed by atoms with Gasteiger partial charge in [-0.1, -0.05) is 24.6 Å². The fraction of sp³-hybridized carbons (Fsp3) is 0.400. The maximum absolute atomic E-state index is 13.2. The standard InChI is InChI=1S/C30H32N6O2/c37-28-18-23-17-22(7-8-24(23)33-28)26-19-31-27-10-9-25(34-36(26)27)20-3-5-21(6-4-20)29(38)35-15-12-30(13-16-35)11-1-2-14-32-30/h3-6,9-10,17,19,32H,1-2,7-8,11-16,18H2,(H,33,37). The number of nitrogens with one attached hydrogen (secondary N) is 2. The lowest BCUT2D eigenvalue weighted by Gasteiger charge is -2.45. The highest BCUT2D eigenvalue weighted by Gasteiger charge is 2.36. The van der Waals surface area contributed by atoms with Gasteiger partial charge in [0.05, 0.1) is 24.0 Å². The Hall–Kier alpha value is -3.78. The van der Waals surface area contributed by atoms with Gasteiger partial charge in [0, 0.05) is 35.5 Å². The van der Waals surface area contributed by atoms with Crippen molar-refractivity contribution >= 4 is 23.0 Å². The Morgan fingerprint density at radius 1 is 0.974 bits per heavy atom. The highest BCUT2D eigenvalue weighted by molar-refractivity contribution is 5.94. The molecule has 2 amide bonds. The molecule has 7 rings (SSSR count). The molecule has 8 heteroatoms. The van der Waals surface area contributed by atoms with Crippen LogP contribution in [0.2, 0.25) is 0 Å². The van der Waals surface area contributed by atoms with Gasteiger partial charge in [0.1, 0.15) is 0 Å². The van der Waals surface area contributed by atoms with Crippen molar-refractivity contribution in [2.75, 3.05) is 19.6 Å². The summed E-state index contributed by atoms with van der Waals surface area (Å²) in [5.41, 5.74) is 7.75. The van der Waals surface area contributed by atoms with E-state index in [0.717, 1.165) is 90.3 Å². The third-order valence-corrected chi connectivity index (χ3v) is 8.73. The summed E-state index contributed by atoms with van der Waals surface area (Å²) in [6.07, 6.45) is 11.9. The summed E-state index contributed by atoms with van der Waals surface area (Å²) >= 11 is 0. The van der Waals surface area contributed by atoms with Crippen molar-refractivity contribution in [1.82, 2.24) is 30.1 Å². The van der Waals surface area contributed by atoms with Gasteiger partial charge in [-0.2, -0.15) is 5.10 Å². The number of piperidine rings is 2. The topological polar surface area (TPSA) is 91.6 Å². The summed E-state index contributed by atoms with van der Waals surface area (Å²) in [6.45, 7) is 2.73. The molecule has 3 aromatic rings. The summed E-state index contributed by atoms with van der Waals surface area (Å²) in [4.78, 5) is 31.6. The lowest BCUT2D eigenvalue weighted by Crippen LogP contribution is -2.56. The first kappa shape index (κ1) is 23.3. The zero-order valence-electron chi connectivity index (χ0n) is 21.5. The van der Waals surface area contributed by atoms with Gasteiger partial charge in [-0.3, -0.25) is 9.59 Å². The number of benzene rings is 1. The fourth-order valence-corrected chi connectivity index (χ4v) is 6.49. The lowest BCUT2D eigenvalue weighted by atomic mass is 9.80. The zero-order valence-corrected chi connectivity index (χ0v) is 21.5. The number of allylic oxidation sites excluding steroid dienone is 3. The second kappa shape index (κ2) is 9.20. The number of likely N-dealkylation sites (tertiary alicyclic amines) is 1. The van der Waals surface area contributed by atoms with Gasteiger partial charge in [0.15, 0.2) is 5.65 Å². The minimum atomic E-state index is 0.0680. The van der Waals surface area contributed by atoms with Crippen molar-refractivity contribution in [2.45, 2.75) is 56.9 Å². The quantitative estimate of drug-likeness (QED) is 0.556. The first-order chi connectivity index (χ1) is 18.6. The average Bonchev–Trinajstić information content (AvgIpc) is 3.55. The van der Waals surface area contributed by atoms with E-state index in [-0.39, 0.29) is 17.4 Å². The molecule has 2 saturated heterocycles. The molecule has 8 nitrogen and oxygen atoms in total. The zero-order chi connectivity index (χ0) is 25.7. The molecule has 5 heterocycles. The Bertz CT molecular complexity index is 1480. The Balaban J connectivity index is 1.09. The van der Waals surface area contributed by atoms with Gasteiger partial charge in [0.25, 0.3) is 5.91 Å². The van der Waals surface area contributed by atoms with Gasteiger partial charge in [0.2, 0.25) is 5.91 Å². The number of hydrogen-bond donors (Lipinski definition) is 2. The van der Waals surface area contributed by atoms with Crippen LogP contribution in [0.5, 0.6) is 0 Å². The van der Waals surface area contributed by atoms with Gasteiger partial charge < -0.3 is 15.5 Å². The van der Waals surface area contributed by atoms with E-state index in [0.29, 0.717) is 6.42 Å². The summed E-state index contributed by atoms with van der Waals surface area (Å²) < 4.78 is 1.89. The van der Waals surface area contributed by atoms with Gasteiger partial charge in [-0.15, -0.1) is 0 Å². The first-order valence-electron chi connectivity index (χ1n) is 13.8. The van der Waals surface area contributed by atoms with E-state index in [1.807, 2.05) is 52.0 Å². The molecule has 194 valence electrons. The molecule has 38 heavy (non-hydrogen) atoms. The number of amides is 2. The number of nitrogens with zero attached hydrogens (tertiary/aromatic N) is 4. The van der Waals surface area contributed by atoms with Crippen LogP contribution < -0.4 is 10.6 Å². The fourth-order valence-electron chi connectivity index (χ4n) is 6.49. The van der Waals surface area contributed by atoms with Crippen LogP contribution in [-0.2, 0) is 4.79 Å². The van der Waals surface area contributed by atoms with Crippen molar-refractivity contribution in [3.05, 3.63) is 71.2 Å². The first-order valence-corrected chi connectivity index (χ1v) is 13.8. The predicted molar refractivity (Wildman–Crippen MR) is 145 cm³/mol. The molecule has 4 aliphatic rings. The van der Waals surface area contributed by atoms with E-state index >= 15 is 0 Å². The minimum Gasteiger partial charge on any atom is -0.339 e. The molecule has 1 aromatic carbocycles. The Morgan fingerprint density at radius 3 is 2.61 bits per heavy atom. The van der Waals surface area contributed by atoms with E-state index in [9.17, 15) is 9.59 Å². The number of carbonyl (C=O) groups excluding carboxylic acids is 2. The van der Waals surface area contributed by atoms with E-state index in [1.165, 1.54) is 19.3 Å². The van der Waals surface area contributed by atoms with Crippen molar-refractivity contribution in [3.63, 3.8) is 0 Å². The smallest absolute Gasteiger partial charge is 0.253 e. The van der Waals surface area contributed by atoms with Crippen LogP contribution in [0.4, 0.5) is 0 Å². The van der Waals surface area contributed by atoms with Gasteiger partial charge >= 0.3 is 0 Å². The second-order valence-corrected chi connectivity index (χ2v) is 11.1. The summed E-state index contributed by atoms with van der Waals surface area (Å²) in [5.74, 6) is 0.179. The molecule has 0 saturated carbocycles. The highest BCUT2D eigenvalue weighted by Crippen LogP contribution is 2.34. The molecule has 0 radical (unpaired) electrons. The maximum atomic E-state index is 13.2. The van der Waals surface area contributed by atoms with E-state index in [1.54, 1.807) is 0 Å². The Labute approximate surface area is 221 Å². The highest BCUT2D eigenvalue weighted by atomic mass is 16.2. The minimum absolute atomic E-state index is 0.0680. The third kappa shape index (κ3) is 4.13. The molecule has 0 unspecified atom stereocenters. The van der Waals surface area contributed by atoms with E-state index in [2.05, 4.69) is 21.7 Å². The van der Waals surface area contributed by atoms with E-state index in [4.69, 9.17) is 5.10 Å². The predicted octanol–water partition coefficient (Wildman–Crippen LogP) is 4.10. The van der Waals surface area contributed by atoms with Crippen LogP contribution in [0, 0.1) is 0 Å². The molecule has 2 fully saturated rings. The van der Waals surface area contributed by atoms with Crippen LogP contribution in [-0.4, -0.2) is 56.5 Å². The second-order valence-electron chi connectivity index (χ2n) is 11.1. The van der Waals surface area contributed by atoms with E-state index < -0.39 is 0 Å². The molecule has 2 aromatic heterocycles. The largest absolute Gasteiger partial charge is 0.339 e. The summed E-state index contributed by atoms with van der Waals surface area (Å²) in [5, 5.41) is 11.6. The van der Waals surface area contributed by atoms with Crippen LogP contribution in [0.1, 0.15) is 67.4 Å². The van der Waals surface area contributed by atoms with Crippen molar-refractivity contribution in [2.24, 2.45) is 0 Å². The number of imidazole rings is 1. The Morgan fingerprint density at radius 2 is 1.82 bits per heavy atom. The van der Waals surface area contributed by atoms with Crippen LogP contribution in [0.3, 0.4) is 0 Å². The lowest BCUT2D eigenvalue weighted by molar-refractivity contribution is -0.118. The Kier molecular flexibility index (Phi) is 5.65. The number of carbonyl (C=O) groups is 2. The van der Waals surface area contributed by atoms with Crippen molar-refractivity contribution in [1.29, 1.82) is 0 Å². The average molecular weight is 509 g/mol. The number of fused-ring (bicyclic) bond motifs is 1. The molecule has 2 N–H and O–H groups in total. The number of hydrogen-bond acceptors (Lipinski definition) is 5. The van der Waals surface area contributed by atoms with Crippen LogP contribution in [0.25, 0.3) is 22.5 Å². The van der Waals surface area contributed by atoms with Crippen LogP contribution >= 0.6 is 0 Å². The SMILES string of the molecule is O=C1CC2=C(CCC(c3cnc4ccc(-c5ccc(C(=O)N6CCC7(CCCCN7)CC6)cc5)nn34)=C2)N1. The summed E-state index contributed by atoms with van der Waals surface area (Å²) in [6, 6.07) is 11.8. The molecule has 1 aliphatic carbocycles. The van der Waals surface area contributed by atoms with Crippen LogP contribution in [0.15, 0.2) is 59.9 Å². The number of rotatable bonds is 3. The van der Waals surface area contributed by atoms with Gasteiger partial charge in [-0.25, -0.2) is 9.50 Å². The third-order valence-electron chi connectivity index (χ3n) is 8.73. The van der Waals surface area contributed by atoms with Crippen molar-refractivity contribution in [3.8, 4) is 11.3 Å². The number of aromatic nitrogens is 3. The molecular weight excluding hydrogens is 476 g/mol. The monoisotopic (exact) mass is 508 g/mol. The van der Waals surface area contributed by atoms with Crippen molar-refractivity contribution < 1.29 is 9.59 Å². The molecular formula is C30H32N6O2. The molecule has 1 spiro atoms. The molecule has 0 atom stereocenters. The molecule has 3 aliphatic heterocycles. The van der Waals surface area contributed by atoms with Gasteiger partial charge in [-0.05, 0) is 80.5 Å². The molecule has 0 bridgehead atoms.